The standard InChI is InChI=1S/C24H35NO2/c1-2-3-4-5-6-9-16-25-18-23-22-13-8-7-11-20(22)14-15-24(23)27-19-21-12-10-17-26-21/h7-8,11,13-15,21,25H,2-6,9-10,12,16-19H2,1H3. The van der Waals surface area contributed by atoms with Gasteiger partial charge < -0.3 is 14.8 Å². The van der Waals surface area contributed by atoms with Crippen molar-refractivity contribution in [3.8, 4) is 5.75 Å². The van der Waals surface area contributed by atoms with Gasteiger partial charge in [0.2, 0.25) is 0 Å². The Labute approximate surface area is 164 Å². The van der Waals surface area contributed by atoms with Gasteiger partial charge in [-0.2, -0.15) is 0 Å². The molecule has 0 aliphatic carbocycles. The Bertz CT molecular complexity index is 679. The number of ether oxygens (including phenoxy) is 2. The van der Waals surface area contributed by atoms with Crippen LogP contribution in [0.4, 0.5) is 0 Å². The van der Waals surface area contributed by atoms with Crippen molar-refractivity contribution in [3.05, 3.63) is 42.0 Å². The third-order valence-electron chi connectivity index (χ3n) is 5.46. The lowest BCUT2D eigenvalue weighted by Gasteiger charge is -2.17. The highest BCUT2D eigenvalue weighted by Gasteiger charge is 2.17. The van der Waals surface area contributed by atoms with Gasteiger partial charge in [-0.05, 0) is 42.6 Å². The average molecular weight is 370 g/mol. The number of benzene rings is 2. The van der Waals surface area contributed by atoms with E-state index in [2.05, 4.69) is 48.6 Å². The molecule has 1 fully saturated rings. The van der Waals surface area contributed by atoms with Gasteiger partial charge in [-0.15, -0.1) is 0 Å². The maximum absolute atomic E-state index is 6.19. The lowest BCUT2D eigenvalue weighted by molar-refractivity contribution is 0.0676. The maximum atomic E-state index is 6.19. The Morgan fingerprint density at radius 2 is 1.89 bits per heavy atom. The molecule has 3 heteroatoms. The Balaban J connectivity index is 1.56. The zero-order valence-corrected chi connectivity index (χ0v) is 16.8. The van der Waals surface area contributed by atoms with E-state index >= 15 is 0 Å². The molecule has 148 valence electrons. The largest absolute Gasteiger partial charge is 0.491 e. The van der Waals surface area contributed by atoms with Crippen LogP contribution in [0.25, 0.3) is 10.8 Å². The quantitative estimate of drug-likeness (QED) is 0.476. The van der Waals surface area contributed by atoms with Crippen LogP contribution in [0.15, 0.2) is 36.4 Å². The van der Waals surface area contributed by atoms with Crippen LogP contribution in [0.2, 0.25) is 0 Å². The smallest absolute Gasteiger partial charge is 0.124 e. The predicted octanol–water partition coefficient (Wildman–Crippen LogP) is 5.85. The van der Waals surface area contributed by atoms with Crippen LogP contribution in [0.1, 0.15) is 63.9 Å². The van der Waals surface area contributed by atoms with Gasteiger partial charge in [0.15, 0.2) is 0 Å². The number of fused-ring (bicyclic) bond motifs is 1. The van der Waals surface area contributed by atoms with E-state index in [1.54, 1.807) is 0 Å². The van der Waals surface area contributed by atoms with E-state index in [-0.39, 0.29) is 6.10 Å². The second-order valence-corrected chi connectivity index (χ2v) is 7.65. The Morgan fingerprint density at radius 3 is 2.74 bits per heavy atom. The van der Waals surface area contributed by atoms with Gasteiger partial charge in [-0.3, -0.25) is 0 Å². The summed E-state index contributed by atoms with van der Waals surface area (Å²) in [5, 5.41) is 6.21. The first kappa shape index (κ1) is 20.2. The molecule has 27 heavy (non-hydrogen) atoms. The first-order chi connectivity index (χ1) is 13.4. The number of nitrogens with one attached hydrogen (secondary N) is 1. The maximum Gasteiger partial charge on any atom is 0.124 e. The normalized spacial score (nSPS) is 16.9. The van der Waals surface area contributed by atoms with Crippen molar-refractivity contribution in [1.82, 2.24) is 5.32 Å². The van der Waals surface area contributed by atoms with E-state index in [1.165, 1.54) is 54.9 Å². The van der Waals surface area contributed by atoms with Gasteiger partial charge in [0.05, 0.1) is 6.10 Å². The van der Waals surface area contributed by atoms with Crippen LogP contribution in [-0.4, -0.2) is 25.9 Å². The fourth-order valence-electron chi connectivity index (χ4n) is 3.84. The Hall–Kier alpha value is -1.58. The summed E-state index contributed by atoms with van der Waals surface area (Å²) in [6, 6.07) is 12.9. The third-order valence-corrected chi connectivity index (χ3v) is 5.46. The molecule has 1 heterocycles. The van der Waals surface area contributed by atoms with Crippen molar-refractivity contribution in [2.45, 2.75) is 70.9 Å². The topological polar surface area (TPSA) is 30.5 Å². The van der Waals surface area contributed by atoms with Gasteiger partial charge in [-0.1, -0.05) is 69.4 Å². The van der Waals surface area contributed by atoms with Gasteiger partial charge in [-0.25, -0.2) is 0 Å². The molecule has 1 aliphatic heterocycles. The van der Waals surface area contributed by atoms with Crippen LogP contribution < -0.4 is 10.1 Å². The van der Waals surface area contributed by atoms with Gasteiger partial charge in [0.1, 0.15) is 12.4 Å². The zero-order valence-electron chi connectivity index (χ0n) is 16.8. The summed E-state index contributed by atoms with van der Waals surface area (Å²) in [6.45, 7) is 5.73. The fourth-order valence-corrected chi connectivity index (χ4v) is 3.84. The molecule has 1 atom stereocenters. The van der Waals surface area contributed by atoms with E-state index < -0.39 is 0 Å². The Kier molecular flexibility index (Phi) is 8.44. The molecule has 0 amide bonds. The lowest BCUT2D eigenvalue weighted by atomic mass is 10.0. The van der Waals surface area contributed by atoms with Gasteiger partial charge in [0, 0.05) is 18.7 Å². The Morgan fingerprint density at radius 1 is 1.04 bits per heavy atom. The minimum atomic E-state index is 0.250. The summed E-state index contributed by atoms with van der Waals surface area (Å²) in [5.41, 5.74) is 1.28. The molecule has 0 radical (unpaired) electrons. The predicted molar refractivity (Wildman–Crippen MR) is 113 cm³/mol. The first-order valence-corrected chi connectivity index (χ1v) is 10.8. The van der Waals surface area contributed by atoms with Crippen LogP contribution in [-0.2, 0) is 11.3 Å². The van der Waals surface area contributed by atoms with Crippen LogP contribution in [0.5, 0.6) is 5.75 Å². The van der Waals surface area contributed by atoms with Crippen LogP contribution >= 0.6 is 0 Å². The molecule has 2 aromatic rings. The molecule has 1 saturated heterocycles. The molecular weight excluding hydrogens is 334 g/mol. The fraction of sp³-hybridized carbons (Fsp3) is 0.583. The van der Waals surface area contributed by atoms with Crippen molar-refractivity contribution in [3.63, 3.8) is 0 Å². The van der Waals surface area contributed by atoms with Crippen molar-refractivity contribution >= 4 is 10.8 Å². The average Bonchev–Trinajstić information content (AvgIpc) is 3.22. The molecule has 3 nitrogen and oxygen atoms in total. The van der Waals surface area contributed by atoms with Crippen LogP contribution in [0, 0.1) is 0 Å². The number of hydrogen-bond acceptors (Lipinski definition) is 3. The molecule has 0 bridgehead atoms. The van der Waals surface area contributed by atoms with Crippen LogP contribution in [0.3, 0.4) is 0 Å². The number of unbranched alkanes of at least 4 members (excludes halogenated alkanes) is 5. The summed E-state index contributed by atoms with van der Waals surface area (Å²) < 4.78 is 11.9. The van der Waals surface area contributed by atoms with E-state index in [0.717, 1.165) is 38.3 Å². The number of rotatable bonds is 12. The second-order valence-electron chi connectivity index (χ2n) is 7.65. The molecule has 0 aromatic heterocycles. The van der Waals surface area contributed by atoms with Gasteiger partial charge >= 0.3 is 0 Å². The third kappa shape index (κ3) is 6.22. The molecule has 3 rings (SSSR count). The van der Waals surface area contributed by atoms with Gasteiger partial charge in [0.25, 0.3) is 0 Å². The molecule has 1 aliphatic rings. The minimum Gasteiger partial charge on any atom is -0.491 e. The summed E-state index contributed by atoms with van der Waals surface area (Å²) >= 11 is 0. The summed E-state index contributed by atoms with van der Waals surface area (Å²) in [7, 11) is 0. The monoisotopic (exact) mass is 369 g/mol. The highest BCUT2D eigenvalue weighted by atomic mass is 16.5. The second kappa shape index (κ2) is 11.3. The molecule has 1 N–H and O–H groups in total. The van der Waals surface area contributed by atoms with E-state index in [4.69, 9.17) is 9.47 Å². The lowest BCUT2D eigenvalue weighted by Crippen LogP contribution is -2.19. The molecule has 2 aromatic carbocycles. The number of hydrogen-bond donors (Lipinski definition) is 1. The highest BCUT2D eigenvalue weighted by Crippen LogP contribution is 2.29. The molecule has 0 saturated carbocycles. The molecule has 1 unspecified atom stereocenters. The molecular formula is C24H35NO2. The highest BCUT2D eigenvalue weighted by molar-refractivity contribution is 5.87. The zero-order chi connectivity index (χ0) is 18.7. The molecule has 0 spiro atoms. The van der Waals surface area contributed by atoms with Crippen molar-refractivity contribution < 1.29 is 9.47 Å². The SMILES string of the molecule is CCCCCCCCNCc1c(OCC2CCCO2)ccc2ccccc12. The van der Waals surface area contributed by atoms with E-state index in [1.807, 2.05) is 0 Å². The summed E-state index contributed by atoms with van der Waals surface area (Å²) in [6.07, 6.45) is 10.5. The summed E-state index contributed by atoms with van der Waals surface area (Å²) in [5.74, 6) is 1.000. The van der Waals surface area contributed by atoms with Crippen molar-refractivity contribution in [2.24, 2.45) is 0 Å². The van der Waals surface area contributed by atoms with E-state index in [0.29, 0.717) is 6.61 Å². The van der Waals surface area contributed by atoms with Crippen molar-refractivity contribution in [1.29, 1.82) is 0 Å². The summed E-state index contributed by atoms with van der Waals surface area (Å²) in [4.78, 5) is 0. The van der Waals surface area contributed by atoms with Crippen molar-refractivity contribution in [2.75, 3.05) is 19.8 Å². The van der Waals surface area contributed by atoms with E-state index in [9.17, 15) is 0 Å². The minimum absolute atomic E-state index is 0.250. The first-order valence-electron chi connectivity index (χ1n) is 10.8.